The molecule has 1 saturated heterocycles. The molecule has 2 unspecified atom stereocenters. The van der Waals surface area contributed by atoms with Crippen LogP contribution in [0, 0.1) is 5.92 Å². The fraction of sp³-hybridized carbons (Fsp3) is 1.00. The maximum absolute atomic E-state index is 8.62. The zero-order valence-electron chi connectivity index (χ0n) is 10.6. The van der Waals surface area contributed by atoms with Gasteiger partial charge in [0.05, 0.1) is 6.61 Å². The Hall–Kier alpha value is -0.160. The Morgan fingerprint density at radius 3 is 1.80 bits per heavy atom. The normalized spacial score (nSPS) is 24.8. The van der Waals surface area contributed by atoms with Crippen molar-refractivity contribution in [3.05, 3.63) is 0 Å². The van der Waals surface area contributed by atoms with Crippen molar-refractivity contribution in [1.82, 2.24) is 5.32 Å². The van der Waals surface area contributed by atoms with Crippen molar-refractivity contribution in [3.63, 3.8) is 0 Å². The van der Waals surface area contributed by atoms with E-state index in [-0.39, 0.29) is 0 Å². The number of hydrogen-bond donors (Lipinski definition) is 4. The molecule has 1 aliphatic rings. The van der Waals surface area contributed by atoms with Crippen molar-refractivity contribution < 1.29 is 15.3 Å². The molecule has 0 aliphatic carbocycles. The van der Waals surface area contributed by atoms with Crippen molar-refractivity contribution >= 4 is 0 Å². The molecular weight excluding hydrogens is 194 g/mol. The highest BCUT2D eigenvalue weighted by atomic mass is 16.5. The van der Waals surface area contributed by atoms with E-state index in [0.717, 1.165) is 18.9 Å². The highest BCUT2D eigenvalue weighted by Crippen LogP contribution is 2.11. The van der Waals surface area contributed by atoms with Crippen molar-refractivity contribution in [2.24, 2.45) is 5.92 Å². The lowest BCUT2D eigenvalue weighted by Crippen LogP contribution is -2.24. The van der Waals surface area contributed by atoms with E-state index >= 15 is 0 Å². The predicted octanol–water partition coefficient (Wildman–Crippen LogP) is 0.710. The van der Waals surface area contributed by atoms with E-state index in [1.165, 1.54) is 13.8 Å². The monoisotopic (exact) mass is 221 g/mol. The smallest absolute Gasteiger partial charge is 0.156 e. The highest BCUT2D eigenvalue weighted by Gasteiger charge is 2.18. The number of hydrogen-bond acceptors (Lipinski definition) is 4. The van der Waals surface area contributed by atoms with Gasteiger partial charge in [-0.15, -0.1) is 0 Å². The summed E-state index contributed by atoms with van der Waals surface area (Å²) in [5.74, 6) is -0.743. The molecule has 0 aromatic heterocycles. The van der Waals surface area contributed by atoms with Crippen LogP contribution in [0.5, 0.6) is 0 Å². The van der Waals surface area contributed by atoms with Crippen molar-refractivity contribution in [1.29, 1.82) is 0 Å². The van der Waals surface area contributed by atoms with Gasteiger partial charge in [0.2, 0.25) is 0 Å². The standard InChI is InChI=1S/C6H13NO.C3H8O2.C2H6/c1-5-2-6(4-8)7-3-5;1-3(2,4)5;1-2/h5-8H,2-4H2,1H3;4-5H,1-2H3;1-2H3. The van der Waals surface area contributed by atoms with Crippen LogP contribution in [0.4, 0.5) is 0 Å². The van der Waals surface area contributed by atoms with Gasteiger partial charge in [0.25, 0.3) is 0 Å². The van der Waals surface area contributed by atoms with E-state index < -0.39 is 5.79 Å². The Morgan fingerprint density at radius 1 is 1.27 bits per heavy atom. The Morgan fingerprint density at radius 2 is 1.67 bits per heavy atom. The molecule has 1 fully saturated rings. The Balaban J connectivity index is 0. The third-order valence-corrected chi connectivity index (χ3v) is 1.66. The SMILES string of the molecule is CC.CC(C)(O)O.CC1CNC(CO)C1. The summed E-state index contributed by atoms with van der Waals surface area (Å²) in [5, 5.41) is 28.0. The summed E-state index contributed by atoms with van der Waals surface area (Å²) < 4.78 is 0. The molecule has 1 aliphatic heterocycles. The first-order valence-electron chi connectivity index (χ1n) is 5.62. The number of aliphatic hydroxyl groups excluding tert-OH is 1. The molecular formula is C11H27NO3. The number of nitrogens with one attached hydrogen (secondary N) is 1. The van der Waals surface area contributed by atoms with Gasteiger partial charge in [0.1, 0.15) is 0 Å². The van der Waals surface area contributed by atoms with Gasteiger partial charge >= 0.3 is 0 Å². The van der Waals surface area contributed by atoms with Crippen molar-refractivity contribution in [2.75, 3.05) is 13.2 Å². The van der Waals surface area contributed by atoms with Crippen LogP contribution in [0.25, 0.3) is 0 Å². The van der Waals surface area contributed by atoms with E-state index in [9.17, 15) is 0 Å². The molecule has 4 N–H and O–H groups in total. The molecule has 1 heterocycles. The van der Waals surface area contributed by atoms with Gasteiger partial charge < -0.3 is 20.6 Å². The Bertz CT molecular complexity index is 128. The Labute approximate surface area is 93.3 Å². The molecule has 0 saturated carbocycles. The van der Waals surface area contributed by atoms with E-state index in [2.05, 4.69) is 12.2 Å². The van der Waals surface area contributed by atoms with Crippen molar-refractivity contribution in [3.8, 4) is 0 Å². The zero-order valence-corrected chi connectivity index (χ0v) is 10.6. The molecule has 0 radical (unpaired) electrons. The summed E-state index contributed by atoms with van der Waals surface area (Å²) in [5.41, 5.74) is 0. The highest BCUT2D eigenvalue weighted by molar-refractivity contribution is 4.77. The topological polar surface area (TPSA) is 72.7 Å². The fourth-order valence-corrected chi connectivity index (χ4v) is 1.16. The molecule has 0 aromatic rings. The van der Waals surface area contributed by atoms with Crippen LogP contribution in [0.3, 0.4) is 0 Å². The van der Waals surface area contributed by atoms with Gasteiger partial charge in [-0.05, 0) is 32.7 Å². The quantitative estimate of drug-likeness (QED) is 0.492. The Kier molecular flexibility index (Phi) is 10.5. The molecule has 1 rings (SSSR count). The van der Waals surface area contributed by atoms with Crippen molar-refractivity contribution in [2.45, 2.75) is 52.9 Å². The van der Waals surface area contributed by atoms with E-state index in [1.54, 1.807) is 0 Å². The minimum absolute atomic E-state index is 0.296. The summed E-state index contributed by atoms with van der Waals surface area (Å²) in [6.07, 6.45) is 1.14. The lowest BCUT2D eigenvalue weighted by atomic mass is 10.1. The van der Waals surface area contributed by atoms with E-state index in [1.807, 2.05) is 13.8 Å². The minimum atomic E-state index is -1.50. The average molecular weight is 221 g/mol. The molecule has 0 bridgehead atoms. The van der Waals surface area contributed by atoms with E-state index in [4.69, 9.17) is 15.3 Å². The molecule has 15 heavy (non-hydrogen) atoms. The summed E-state index contributed by atoms with van der Waals surface area (Å²) in [6.45, 7) is 10.2. The summed E-state index contributed by atoms with van der Waals surface area (Å²) >= 11 is 0. The lowest BCUT2D eigenvalue weighted by Gasteiger charge is -2.03. The molecule has 0 aromatic carbocycles. The second-order valence-corrected chi connectivity index (χ2v) is 4.12. The summed E-state index contributed by atoms with van der Waals surface area (Å²) in [7, 11) is 0. The third-order valence-electron chi connectivity index (χ3n) is 1.66. The average Bonchev–Trinajstić information content (AvgIpc) is 2.52. The van der Waals surface area contributed by atoms with Crippen LogP contribution in [-0.2, 0) is 0 Å². The maximum atomic E-state index is 8.62. The van der Waals surface area contributed by atoms with Crippen LogP contribution in [-0.4, -0.2) is 40.3 Å². The predicted molar refractivity (Wildman–Crippen MR) is 62.5 cm³/mol. The second kappa shape index (κ2) is 9.09. The lowest BCUT2D eigenvalue weighted by molar-refractivity contribution is -0.127. The van der Waals surface area contributed by atoms with Gasteiger partial charge in [-0.1, -0.05) is 20.8 Å². The van der Waals surface area contributed by atoms with Gasteiger partial charge in [0, 0.05) is 6.04 Å². The van der Waals surface area contributed by atoms with E-state index in [0.29, 0.717) is 12.6 Å². The fourth-order valence-electron chi connectivity index (χ4n) is 1.16. The number of aliphatic hydroxyl groups is 3. The summed E-state index contributed by atoms with van der Waals surface area (Å²) in [4.78, 5) is 0. The molecule has 4 heteroatoms. The first-order valence-corrected chi connectivity index (χ1v) is 5.62. The summed E-state index contributed by atoms with van der Waals surface area (Å²) in [6, 6.07) is 0.380. The zero-order chi connectivity index (χ0) is 12.5. The van der Waals surface area contributed by atoms with Gasteiger partial charge in [0.15, 0.2) is 5.79 Å². The second-order valence-electron chi connectivity index (χ2n) is 4.12. The van der Waals surface area contributed by atoms with Gasteiger partial charge in [-0.2, -0.15) is 0 Å². The van der Waals surface area contributed by atoms with Crippen LogP contribution in [0.1, 0.15) is 41.0 Å². The van der Waals surface area contributed by atoms with Crippen LogP contribution >= 0.6 is 0 Å². The van der Waals surface area contributed by atoms with Crippen LogP contribution in [0.2, 0.25) is 0 Å². The van der Waals surface area contributed by atoms with Gasteiger partial charge in [-0.3, -0.25) is 0 Å². The first-order chi connectivity index (χ1) is 6.83. The van der Waals surface area contributed by atoms with Crippen LogP contribution < -0.4 is 5.32 Å². The maximum Gasteiger partial charge on any atom is 0.156 e. The molecule has 94 valence electrons. The number of rotatable bonds is 1. The molecule has 0 amide bonds. The first kappa shape index (κ1) is 17.2. The minimum Gasteiger partial charge on any atom is -0.395 e. The molecule has 2 atom stereocenters. The third kappa shape index (κ3) is 16.5. The van der Waals surface area contributed by atoms with Crippen LogP contribution in [0.15, 0.2) is 0 Å². The van der Waals surface area contributed by atoms with Gasteiger partial charge in [-0.25, -0.2) is 0 Å². The molecule has 0 spiro atoms. The largest absolute Gasteiger partial charge is 0.395 e. The molecule has 4 nitrogen and oxygen atoms in total.